The lowest BCUT2D eigenvalue weighted by Crippen LogP contribution is -2.43. The van der Waals surface area contributed by atoms with E-state index in [2.05, 4.69) is 14.3 Å². The molecule has 8 heteroatoms. The van der Waals surface area contributed by atoms with E-state index in [4.69, 9.17) is 5.41 Å². The minimum absolute atomic E-state index is 0.279. The van der Waals surface area contributed by atoms with Gasteiger partial charge in [0.1, 0.15) is 5.54 Å². The van der Waals surface area contributed by atoms with Crippen molar-refractivity contribution in [1.82, 2.24) is 14.7 Å². The van der Waals surface area contributed by atoms with Crippen molar-refractivity contribution in [2.24, 2.45) is 0 Å². The SMILES string of the molecule is CC(=N)/C(Cn1cc(N2C(=O)N(Cc3ccccc3)C(C)(C)C2=O)cn1)=C(/C)P. The fourth-order valence-electron chi connectivity index (χ4n) is 3.35. The van der Waals surface area contributed by atoms with E-state index in [1.807, 2.05) is 37.3 Å². The number of nitrogens with one attached hydrogen (secondary N) is 1. The number of carbonyl (C=O) groups excluding carboxylic acids is 2. The van der Waals surface area contributed by atoms with E-state index >= 15 is 0 Å². The van der Waals surface area contributed by atoms with E-state index in [9.17, 15) is 9.59 Å². The third-order valence-corrected chi connectivity index (χ3v) is 5.48. The average molecular weight is 411 g/mol. The normalized spacial score (nSPS) is 17.0. The largest absolute Gasteiger partial charge is 0.332 e. The molecule has 0 aliphatic carbocycles. The Hall–Kier alpha value is -2.79. The van der Waals surface area contributed by atoms with Gasteiger partial charge in [-0.25, -0.2) is 9.69 Å². The lowest BCUT2D eigenvalue weighted by molar-refractivity contribution is -0.123. The molecule has 0 spiro atoms. The highest BCUT2D eigenvalue weighted by Crippen LogP contribution is 2.33. The summed E-state index contributed by atoms with van der Waals surface area (Å²) in [5.74, 6) is -0.279. The zero-order chi connectivity index (χ0) is 21.3. The molecule has 1 fully saturated rings. The zero-order valence-corrected chi connectivity index (χ0v) is 18.3. The smallest absolute Gasteiger partial charge is 0.305 e. The van der Waals surface area contributed by atoms with Crippen LogP contribution in [0, 0.1) is 5.41 Å². The Morgan fingerprint density at radius 2 is 1.83 bits per heavy atom. The number of carbonyl (C=O) groups is 2. The van der Waals surface area contributed by atoms with Crippen molar-refractivity contribution < 1.29 is 9.59 Å². The molecule has 1 unspecified atom stereocenters. The van der Waals surface area contributed by atoms with E-state index in [1.165, 1.54) is 11.1 Å². The van der Waals surface area contributed by atoms with Crippen molar-refractivity contribution in [3.05, 3.63) is 59.2 Å². The average Bonchev–Trinajstić information content (AvgIpc) is 3.17. The number of hydrogen-bond donors (Lipinski definition) is 1. The lowest BCUT2D eigenvalue weighted by atomic mass is 10.0. The molecule has 0 bridgehead atoms. The molecule has 2 aromatic rings. The Morgan fingerprint density at radius 1 is 1.17 bits per heavy atom. The molecule has 1 aromatic carbocycles. The molecule has 29 heavy (non-hydrogen) atoms. The highest BCUT2D eigenvalue weighted by atomic mass is 31.0. The van der Waals surface area contributed by atoms with Gasteiger partial charge in [-0.05, 0) is 44.1 Å². The van der Waals surface area contributed by atoms with Gasteiger partial charge in [-0.3, -0.25) is 9.48 Å². The fourth-order valence-corrected chi connectivity index (χ4v) is 3.66. The third kappa shape index (κ3) is 4.01. The summed E-state index contributed by atoms with van der Waals surface area (Å²) in [6.07, 6.45) is 3.20. The molecule has 3 amide bonds. The van der Waals surface area contributed by atoms with Gasteiger partial charge in [-0.1, -0.05) is 30.3 Å². The van der Waals surface area contributed by atoms with Crippen LogP contribution in [0.5, 0.6) is 0 Å². The van der Waals surface area contributed by atoms with Crippen molar-refractivity contribution >= 4 is 32.6 Å². The van der Waals surface area contributed by atoms with Crippen LogP contribution in [-0.2, 0) is 17.9 Å². The molecule has 2 heterocycles. The summed E-state index contributed by atoms with van der Waals surface area (Å²) in [6, 6.07) is 9.26. The number of hydrogen-bond acceptors (Lipinski definition) is 4. The Bertz CT molecular complexity index is 990. The predicted molar refractivity (Wildman–Crippen MR) is 117 cm³/mol. The third-order valence-electron chi connectivity index (χ3n) is 5.13. The van der Waals surface area contributed by atoms with Gasteiger partial charge in [0, 0.05) is 18.5 Å². The van der Waals surface area contributed by atoms with Crippen LogP contribution in [-0.4, -0.2) is 37.9 Å². The molecule has 0 saturated carbocycles. The number of anilines is 1. The molecular formula is C21H26N5O2P. The highest BCUT2D eigenvalue weighted by Gasteiger charge is 2.52. The van der Waals surface area contributed by atoms with E-state index < -0.39 is 5.54 Å². The number of benzene rings is 1. The maximum absolute atomic E-state index is 13.1. The number of allylic oxidation sites excluding steroid dienone is 2. The van der Waals surface area contributed by atoms with Gasteiger partial charge in [0.2, 0.25) is 0 Å². The molecule has 1 N–H and O–H groups in total. The first-order valence-electron chi connectivity index (χ1n) is 9.36. The Labute approximate surface area is 173 Å². The first-order chi connectivity index (χ1) is 13.6. The van der Waals surface area contributed by atoms with Crippen LogP contribution in [0.4, 0.5) is 10.5 Å². The van der Waals surface area contributed by atoms with Gasteiger partial charge in [-0.2, -0.15) is 5.10 Å². The van der Waals surface area contributed by atoms with Crippen LogP contribution in [0.25, 0.3) is 0 Å². The van der Waals surface area contributed by atoms with Crippen LogP contribution in [0.2, 0.25) is 0 Å². The van der Waals surface area contributed by atoms with Crippen LogP contribution in [0.3, 0.4) is 0 Å². The van der Waals surface area contributed by atoms with Gasteiger partial charge in [-0.15, -0.1) is 9.24 Å². The van der Waals surface area contributed by atoms with Gasteiger partial charge in [0.05, 0.1) is 18.4 Å². The number of rotatable bonds is 6. The van der Waals surface area contributed by atoms with E-state index in [0.29, 0.717) is 24.5 Å². The fraction of sp³-hybridized carbons (Fsp3) is 0.333. The summed E-state index contributed by atoms with van der Waals surface area (Å²) in [5, 5.41) is 13.2. The van der Waals surface area contributed by atoms with Crippen LogP contribution in [0.1, 0.15) is 33.3 Å². The minimum Gasteiger partial charge on any atom is -0.305 e. The quantitative estimate of drug-likeness (QED) is 0.446. The number of imide groups is 1. The summed E-state index contributed by atoms with van der Waals surface area (Å²) < 4.78 is 1.64. The zero-order valence-electron chi connectivity index (χ0n) is 17.1. The summed E-state index contributed by atoms with van der Waals surface area (Å²) in [4.78, 5) is 29.0. The van der Waals surface area contributed by atoms with E-state index in [0.717, 1.165) is 16.5 Å². The topological polar surface area (TPSA) is 82.3 Å². The monoisotopic (exact) mass is 411 g/mol. The molecule has 7 nitrogen and oxygen atoms in total. The summed E-state index contributed by atoms with van der Waals surface area (Å²) in [5.41, 5.74) is 1.74. The predicted octanol–water partition coefficient (Wildman–Crippen LogP) is 3.82. The maximum Gasteiger partial charge on any atom is 0.332 e. The van der Waals surface area contributed by atoms with Crippen LogP contribution < -0.4 is 4.90 Å². The lowest BCUT2D eigenvalue weighted by Gasteiger charge is -2.27. The van der Waals surface area contributed by atoms with Crippen LogP contribution in [0.15, 0.2) is 53.6 Å². The molecule has 0 radical (unpaired) electrons. The second kappa shape index (κ2) is 7.91. The number of nitrogens with zero attached hydrogens (tertiary/aromatic N) is 4. The first kappa shape index (κ1) is 20.9. The van der Waals surface area contributed by atoms with Gasteiger partial charge < -0.3 is 10.3 Å². The van der Waals surface area contributed by atoms with Crippen molar-refractivity contribution in [2.45, 2.75) is 46.3 Å². The Kier molecular flexibility index (Phi) is 5.71. The summed E-state index contributed by atoms with van der Waals surface area (Å²) in [6.45, 7) is 7.92. The second-order valence-corrected chi connectivity index (χ2v) is 8.60. The molecule has 1 saturated heterocycles. The van der Waals surface area contributed by atoms with Crippen molar-refractivity contribution in [3.8, 4) is 0 Å². The molecule has 1 aliphatic rings. The number of aromatic nitrogens is 2. The molecule has 1 atom stereocenters. The van der Waals surface area contributed by atoms with Crippen molar-refractivity contribution in [2.75, 3.05) is 4.90 Å². The van der Waals surface area contributed by atoms with Crippen LogP contribution >= 0.6 is 9.24 Å². The highest BCUT2D eigenvalue weighted by molar-refractivity contribution is 7.22. The first-order valence-corrected chi connectivity index (χ1v) is 9.94. The second-order valence-electron chi connectivity index (χ2n) is 7.74. The summed E-state index contributed by atoms with van der Waals surface area (Å²) in [7, 11) is 2.60. The molecule has 1 aromatic heterocycles. The Morgan fingerprint density at radius 3 is 2.41 bits per heavy atom. The molecule has 152 valence electrons. The number of urea groups is 1. The van der Waals surface area contributed by atoms with Gasteiger partial charge in [0.25, 0.3) is 5.91 Å². The molecule has 1 aliphatic heterocycles. The summed E-state index contributed by atoms with van der Waals surface area (Å²) >= 11 is 0. The van der Waals surface area contributed by atoms with Crippen molar-refractivity contribution in [1.29, 1.82) is 5.41 Å². The molecule has 3 rings (SSSR count). The van der Waals surface area contributed by atoms with E-state index in [1.54, 1.807) is 36.5 Å². The Balaban J connectivity index is 1.87. The van der Waals surface area contributed by atoms with Gasteiger partial charge >= 0.3 is 6.03 Å². The van der Waals surface area contributed by atoms with Crippen molar-refractivity contribution in [3.63, 3.8) is 0 Å². The number of amides is 3. The standard InChI is InChI=1S/C21H26N5O2P/c1-14(22)18(15(2)29)13-24-12-17(10-23-24)26-19(27)21(3,4)25(20(26)28)11-16-8-6-5-7-9-16/h5-10,12,22H,11,13,29H2,1-4H3/b18-15-,22-14?. The minimum atomic E-state index is -0.956. The van der Waals surface area contributed by atoms with Gasteiger partial charge in [0.15, 0.2) is 0 Å². The van der Waals surface area contributed by atoms with E-state index in [-0.39, 0.29) is 11.9 Å². The molecular weight excluding hydrogens is 385 g/mol. The maximum atomic E-state index is 13.1.